The molecule has 0 bridgehead atoms. The molecule has 0 unspecified atom stereocenters. The number of rotatable bonds is 6. The van der Waals surface area contributed by atoms with Crippen molar-refractivity contribution in [2.75, 3.05) is 12.5 Å². The fourth-order valence-corrected chi connectivity index (χ4v) is 3.76. The Hall–Kier alpha value is -3.12. The highest BCUT2D eigenvalue weighted by Crippen LogP contribution is 2.31. The highest BCUT2D eigenvalue weighted by atomic mass is 32.1. The number of hydrogen-bond acceptors (Lipinski definition) is 5. The van der Waals surface area contributed by atoms with Crippen molar-refractivity contribution in [3.05, 3.63) is 65.7 Å². The number of benzene rings is 2. The molecule has 136 valence electrons. The van der Waals surface area contributed by atoms with Gasteiger partial charge in [0, 0.05) is 40.2 Å². The first-order valence-electron chi connectivity index (χ1n) is 8.76. The van der Waals surface area contributed by atoms with Crippen LogP contribution in [0.25, 0.3) is 22.2 Å². The van der Waals surface area contributed by atoms with Gasteiger partial charge in [0.1, 0.15) is 5.75 Å². The molecule has 2 heterocycles. The quantitative estimate of drug-likeness (QED) is 0.370. The lowest BCUT2D eigenvalue weighted by molar-refractivity contribution is 0.416. The number of nitrogens with one attached hydrogen (secondary N) is 1. The third kappa shape index (κ3) is 3.44. The van der Waals surface area contributed by atoms with Gasteiger partial charge < -0.3 is 9.30 Å². The number of methoxy groups -OCH3 is 1. The van der Waals surface area contributed by atoms with Crippen LogP contribution in [0.2, 0.25) is 0 Å². The van der Waals surface area contributed by atoms with Gasteiger partial charge >= 0.3 is 0 Å². The smallest absolute Gasteiger partial charge is 0.203 e. The largest absolute Gasteiger partial charge is 0.496 e. The van der Waals surface area contributed by atoms with Gasteiger partial charge in [-0.3, -0.25) is 5.43 Å². The second-order valence-corrected chi connectivity index (χ2v) is 6.85. The van der Waals surface area contributed by atoms with Crippen LogP contribution < -0.4 is 10.2 Å². The van der Waals surface area contributed by atoms with E-state index in [-0.39, 0.29) is 0 Å². The van der Waals surface area contributed by atoms with Gasteiger partial charge in [-0.1, -0.05) is 30.3 Å². The summed E-state index contributed by atoms with van der Waals surface area (Å²) in [6.45, 7) is 3.07. The number of nitrogens with zero attached hydrogens (tertiary/aromatic N) is 3. The molecule has 0 fully saturated rings. The standard InChI is InChI=1S/C21H20N4OS/c1-3-25-13-15(16-8-4-6-10-19(16)25)12-22-24-21-23-18(14-27-21)17-9-5-7-11-20(17)26-2/h4-14H,3H2,1-2H3,(H,23,24)/b22-12-. The lowest BCUT2D eigenvalue weighted by Crippen LogP contribution is -1.91. The molecule has 0 saturated heterocycles. The summed E-state index contributed by atoms with van der Waals surface area (Å²) in [7, 11) is 1.67. The van der Waals surface area contributed by atoms with Crippen molar-refractivity contribution < 1.29 is 4.74 Å². The third-order valence-electron chi connectivity index (χ3n) is 4.41. The number of hydrazone groups is 1. The molecule has 2 aromatic heterocycles. The van der Waals surface area contributed by atoms with Gasteiger partial charge in [0.2, 0.25) is 5.13 Å². The van der Waals surface area contributed by atoms with Crippen molar-refractivity contribution in [1.82, 2.24) is 9.55 Å². The lowest BCUT2D eigenvalue weighted by Gasteiger charge is -2.04. The second-order valence-electron chi connectivity index (χ2n) is 6.00. The molecule has 0 aliphatic heterocycles. The molecule has 0 aliphatic carbocycles. The molecule has 0 aliphatic rings. The van der Waals surface area contributed by atoms with Crippen molar-refractivity contribution in [2.45, 2.75) is 13.5 Å². The number of anilines is 1. The first-order chi connectivity index (χ1) is 13.3. The Bertz CT molecular complexity index is 1100. The van der Waals surface area contributed by atoms with Crippen LogP contribution in [-0.2, 0) is 6.54 Å². The molecule has 0 amide bonds. The van der Waals surface area contributed by atoms with Crippen molar-refractivity contribution in [2.24, 2.45) is 5.10 Å². The second kappa shape index (κ2) is 7.63. The average Bonchev–Trinajstić information content (AvgIpc) is 3.33. The van der Waals surface area contributed by atoms with E-state index in [0.717, 1.165) is 34.2 Å². The maximum Gasteiger partial charge on any atom is 0.203 e. The van der Waals surface area contributed by atoms with E-state index >= 15 is 0 Å². The lowest BCUT2D eigenvalue weighted by atomic mass is 10.1. The van der Waals surface area contributed by atoms with Gasteiger partial charge in [-0.25, -0.2) is 4.98 Å². The van der Waals surface area contributed by atoms with Gasteiger partial charge in [0.05, 0.1) is 19.0 Å². The van der Waals surface area contributed by atoms with E-state index in [0.29, 0.717) is 0 Å². The van der Waals surface area contributed by atoms with Gasteiger partial charge in [-0.05, 0) is 25.1 Å². The van der Waals surface area contributed by atoms with Crippen LogP contribution in [0.3, 0.4) is 0 Å². The van der Waals surface area contributed by atoms with Crippen LogP contribution in [0, 0.1) is 0 Å². The highest BCUT2D eigenvalue weighted by Gasteiger charge is 2.09. The zero-order valence-electron chi connectivity index (χ0n) is 15.2. The number of hydrogen-bond donors (Lipinski definition) is 1. The van der Waals surface area contributed by atoms with Crippen molar-refractivity contribution in [3.63, 3.8) is 0 Å². The summed E-state index contributed by atoms with van der Waals surface area (Å²) < 4.78 is 7.64. The molecule has 5 nitrogen and oxygen atoms in total. The minimum Gasteiger partial charge on any atom is -0.496 e. The summed E-state index contributed by atoms with van der Waals surface area (Å²) in [4.78, 5) is 4.61. The Labute approximate surface area is 161 Å². The topological polar surface area (TPSA) is 51.4 Å². The first kappa shape index (κ1) is 17.3. The zero-order valence-corrected chi connectivity index (χ0v) is 16.0. The summed E-state index contributed by atoms with van der Waals surface area (Å²) in [5.74, 6) is 0.810. The Morgan fingerprint density at radius 2 is 2.00 bits per heavy atom. The molecule has 1 N–H and O–H groups in total. The molecule has 4 aromatic rings. The van der Waals surface area contributed by atoms with E-state index in [1.165, 1.54) is 22.2 Å². The van der Waals surface area contributed by atoms with Crippen LogP contribution in [0.1, 0.15) is 12.5 Å². The van der Waals surface area contributed by atoms with E-state index in [1.807, 2.05) is 41.9 Å². The first-order valence-corrected chi connectivity index (χ1v) is 9.64. The van der Waals surface area contributed by atoms with Crippen molar-refractivity contribution >= 4 is 33.6 Å². The number of aromatic nitrogens is 2. The molecular weight excluding hydrogens is 356 g/mol. The van der Waals surface area contributed by atoms with E-state index in [1.54, 1.807) is 7.11 Å². The number of para-hydroxylation sites is 2. The van der Waals surface area contributed by atoms with Gasteiger partial charge in [-0.2, -0.15) is 5.10 Å². The maximum absolute atomic E-state index is 5.41. The third-order valence-corrected chi connectivity index (χ3v) is 5.16. The molecule has 0 spiro atoms. The predicted octanol–water partition coefficient (Wildman–Crippen LogP) is 5.24. The Balaban J connectivity index is 1.54. The molecule has 0 radical (unpaired) electrons. The monoisotopic (exact) mass is 376 g/mol. The Morgan fingerprint density at radius 1 is 1.19 bits per heavy atom. The van der Waals surface area contributed by atoms with E-state index in [2.05, 4.69) is 51.4 Å². The predicted molar refractivity (Wildman–Crippen MR) is 113 cm³/mol. The van der Waals surface area contributed by atoms with E-state index in [9.17, 15) is 0 Å². The summed E-state index contributed by atoms with van der Waals surface area (Å²) in [6, 6.07) is 16.2. The van der Waals surface area contributed by atoms with Crippen LogP contribution in [0.15, 0.2) is 65.2 Å². The Kier molecular flexibility index (Phi) is 4.89. The summed E-state index contributed by atoms with van der Waals surface area (Å²) in [6.07, 6.45) is 3.97. The molecule has 2 aromatic carbocycles. The van der Waals surface area contributed by atoms with Crippen LogP contribution in [-0.4, -0.2) is 22.9 Å². The van der Waals surface area contributed by atoms with Gasteiger partial charge in [-0.15, -0.1) is 11.3 Å². The fourth-order valence-electron chi connectivity index (χ4n) is 3.10. The minimum absolute atomic E-state index is 0.742. The van der Waals surface area contributed by atoms with Gasteiger partial charge in [0.25, 0.3) is 0 Å². The summed E-state index contributed by atoms with van der Waals surface area (Å²) in [5.41, 5.74) is 7.19. The van der Waals surface area contributed by atoms with Crippen LogP contribution in [0.5, 0.6) is 5.75 Å². The fraction of sp³-hybridized carbons (Fsp3) is 0.143. The molecule has 0 atom stereocenters. The average molecular weight is 376 g/mol. The van der Waals surface area contributed by atoms with Crippen molar-refractivity contribution in [1.29, 1.82) is 0 Å². The highest BCUT2D eigenvalue weighted by molar-refractivity contribution is 7.14. The maximum atomic E-state index is 5.41. The minimum atomic E-state index is 0.742. The molecule has 0 saturated carbocycles. The number of ether oxygens (including phenoxy) is 1. The number of thiazole rings is 1. The van der Waals surface area contributed by atoms with E-state index in [4.69, 9.17) is 4.74 Å². The molecule has 4 rings (SSSR count). The van der Waals surface area contributed by atoms with Crippen molar-refractivity contribution in [3.8, 4) is 17.0 Å². The van der Waals surface area contributed by atoms with Gasteiger partial charge in [0.15, 0.2) is 0 Å². The molecule has 6 heteroatoms. The number of aryl methyl sites for hydroxylation is 1. The molecule has 27 heavy (non-hydrogen) atoms. The SMILES string of the molecule is CCn1cc(/C=N\Nc2nc(-c3ccccc3OC)cs2)c2ccccc21. The van der Waals surface area contributed by atoms with E-state index < -0.39 is 0 Å². The normalized spacial score (nSPS) is 11.3. The molecular formula is C21H20N4OS. The zero-order chi connectivity index (χ0) is 18.6. The summed E-state index contributed by atoms with van der Waals surface area (Å²) in [5, 5.41) is 8.32. The van der Waals surface area contributed by atoms with Crippen LogP contribution in [0.4, 0.5) is 5.13 Å². The Morgan fingerprint density at radius 3 is 2.85 bits per heavy atom. The number of fused-ring (bicyclic) bond motifs is 1. The summed E-state index contributed by atoms with van der Waals surface area (Å²) >= 11 is 1.52. The van der Waals surface area contributed by atoms with Crippen LogP contribution >= 0.6 is 11.3 Å².